The van der Waals surface area contributed by atoms with Crippen molar-refractivity contribution in [2.45, 2.75) is 56.3 Å². The summed E-state index contributed by atoms with van der Waals surface area (Å²) in [5.74, 6) is -0.657. The number of carbonyl (C=O) groups excluding carboxylic acids is 1. The van der Waals surface area contributed by atoms with Crippen LogP contribution in [0.1, 0.15) is 29.2 Å². The van der Waals surface area contributed by atoms with Gasteiger partial charge in [-0.2, -0.15) is 0 Å². The van der Waals surface area contributed by atoms with Crippen molar-refractivity contribution in [3.63, 3.8) is 0 Å². The summed E-state index contributed by atoms with van der Waals surface area (Å²) in [5.41, 5.74) is 1.64. The van der Waals surface area contributed by atoms with E-state index in [0.29, 0.717) is 17.5 Å². The van der Waals surface area contributed by atoms with E-state index in [1.54, 1.807) is 24.3 Å². The Morgan fingerprint density at radius 1 is 0.967 bits per heavy atom. The van der Waals surface area contributed by atoms with Crippen molar-refractivity contribution in [3.05, 3.63) is 71.3 Å². The number of carbonyl (C=O) groups is 1. The van der Waals surface area contributed by atoms with Crippen LogP contribution >= 0.6 is 0 Å². The molecule has 3 rings (SSSR count). The summed E-state index contributed by atoms with van der Waals surface area (Å²) >= 11 is 0. The minimum Gasteiger partial charge on any atom is -0.433 e. The Hall–Kier alpha value is -2.33. The van der Waals surface area contributed by atoms with Crippen molar-refractivity contribution in [1.82, 2.24) is 0 Å². The molecular weight excluding hydrogens is 392 g/mol. The first kappa shape index (κ1) is 22.4. The summed E-state index contributed by atoms with van der Waals surface area (Å²) in [7, 11) is 0. The van der Waals surface area contributed by atoms with Crippen molar-refractivity contribution in [2.75, 3.05) is 0 Å². The summed E-state index contributed by atoms with van der Waals surface area (Å²) in [5, 5.41) is 50.9. The number of aliphatic hydroxyl groups is 5. The predicted molar refractivity (Wildman–Crippen MR) is 105 cm³/mol. The van der Waals surface area contributed by atoms with Crippen LogP contribution in [0.25, 0.3) is 0 Å². The maximum atomic E-state index is 12.2. The standard InChI is InChI=1S/C22H26O8/c23-12-14-8-4-5-9-15(14)17(25)21-19(27)18(26)20(28)22(30-21)29-16(24)11-10-13-6-2-1-3-7-13/h1-9,17-23,25-28H,10-12H2/t17?,18-,19-,20+,21+,22+/m0/s1. The molecule has 0 saturated carbocycles. The lowest BCUT2D eigenvalue weighted by atomic mass is 9.90. The highest BCUT2D eigenvalue weighted by Gasteiger charge is 2.48. The van der Waals surface area contributed by atoms with Gasteiger partial charge in [-0.05, 0) is 23.1 Å². The lowest BCUT2D eigenvalue weighted by Crippen LogP contribution is -2.60. The molecule has 1 heterocycles. The van der Waals surface area contributed by atoms with Crippen molar-refractivity contribution in [1.29, 1.82) is 0 Å². The van der Waals surface area contributed by atoms with Gasteiger partial charge in [0, 0.05) is 6.42 Å². The van der Waals surface area contributed by atoms with Gasteiger partial charge in [0.2, 0.25) is 6.29 Å². The molecule has 0 spiro atoms. The number of rotatable bonds is 7. The van der Waals surface area contributed by atoms with Crippen LogP contribution in [0, 0.1) is 0 Å². The van der Waals surface area contributed by atoms with E-state index < -0.39 is 42.8 Å². The van der Waals surface area contributed by atoms with E-state index in [2.05, 4.69) is 0 Å². The predicted octanol–water partition coefficient (Wildman–Crippen LogP) is 0.196. The molecule has 0 aromatic heterocycles. The number of hydrogen-bond acceptors (Lipinski definition) is 8. The highest BCUT2D eigenvalue weighted by atomic mass is 16.7. The molecule has 0 bridgehead atoms. The summed E-state index contributed by atoms with van der Waals surface area (Å²) in [4.78, 5) is 12.2. The third kappa shape index (κ3) is 5.04. The third-order valence-corrected chi connectivity index (χ3v) is 5.17. The number of benzene rings is 2. The smallest absolute Gasteiger partial charge is 0.308 e. The molecule has 8 heteroatoms. The summed E-state index contributed by atoms with van der Waals surface area (Å²) in [6, 6.07) is 15.8. The van der Waals surface area contributed by atoms with E-state index in [1.165, 1.54) is 0 Å². The Morgan fingerprint density at radius 2 is 1.63 bits per heavy atom. The van der Waals surface area contributed by atoms with Crippen LogP contribution < -0.4 is 0 Å². The summed E-state index contributed by atoms with van der Waals surface area (Å²) in [6.45, 7) is -0.348. The Bertz CT molecular complexity index is 827. The van der Waals surface area contributed by atoms with E-state index in [1.807, 2.05) is 30.3 Å². The first-order valence-corrected chi connectivity index (χ1v) is 9.72. The molecule has 6 atom stereocenters. The van der Waals surface area contributed by atoms with Crippen molar-refractivity contribution >= 4 is 5.97 Å². The molecule has 1 fully saturated rings. The van der Waals surface area contributed by atoms with Crippen molar-refractivity contribution in [2.24, 2.45) is 0 Å². The molecule has 5 N–H and O–H groups in total. The molecule has 2 aromatic carbocycles. The molecule has 2 aromatic rings. The van der Waals surface area contributed by atoms with Gasteiger partial charge in [0.05, 0.1) is 6.61 Å². The van der Waals surface area contributed by atoms with Gasteiger partial charge in [-0.15, -0.1) is 0 Å². The molecule has 30 heavy (non-hydrogen) atoms. The maximum Gasteiger partial charge on any atom is 0.308 e. The molecule has 162 valence electrons. The van der Waals surface area contributed by atoms with Gasteiger partial charge in [-0.25, -0.2) is 0 Å². The molecular formula is C22H26O8. The van der Waals surface area contributed by atoms with Gasteiger partial charge >= 0.3 is 5.97 Å². The van der Waals surface area contributed by atoms with Crippen LogP contribution in [0.4, 0.5) is 0 Å². The molecule has 1 saturated heterocycles. The maximum absolute atomic E-state index is 12.2. The highest BCUT2D eigenvalue weighted by molar-refractivity contribution is 5.69. The third-order valence-electron chi connectivity index (χ3n) is 5.17. The number of ether oxygens (including phenoxy) is 2. The minimum absolute atomic E-state index is 0.0236. The lowest BCUT2D eigenvalue weighted by Gasteiger charge is -2.41. The largest absolute Gasteiger partial charge is 0.433 e. The summed E-state index contributed by atoms with van der Waals surface area (Å²) in [6.07, 6.45) is -8.96. The van der Waals surface area contributed by atoms with Crippen LogP contribution in [0.3, 0.4) is 0 Å². The zero-order chi connectivity index (χ0) is 21.7. The van der Waals surface area contributed by atoms with E-state index in [9.17, 15) is 30.3 Å². The number of aliphatic hydroxyl groups excluding tert-OH is 5. The lowest BCUT2D eigenvalue weighted by molar-refractivity contribution is -0.302. The SMILES string of the molecule is O=C(CCc1ccccc1)O[C@@H]1O[C@H](C(O)c2ccccc2CO)[C@@H](O)[C@H](O)[C@H]1O. The molecule has 0 aliphatic carbocycles. The first-order chi connectivity index (χ1) is 14.4. The van der Waals surface area contributed by atoms with Crippen LogP contribution in [0.15, 0.2) is 54.6 Å². The van der Waals surface area contributed by atoms with Crippen LogP contribution in [0.5, 0.6) is 0 Å². The molecule has 1 aliphatic rings. The molecule has 0 amide bonds. The molecule has 8 nitrogen and oxygen atoms in total. The van der Waals surface area contributed by atoms with Gasteiger partial charge < -0.3 is 35.0 Å². The second kappa shape index (κ2) is 10.1. The van der Waals surface area contributed by atoms with Gasteiger partial charge in [0.15, 0.2) is 0 Å². The van der Waals surface area contributed by atoms with Gasteiger partial charge in [0.1, 0.15) is 30.5 Å². The van der Waals surface area contributed by atoms with Crippen molar-refractivity contribution in [3.8, 4) is 0 Å². The van der Waals surface area contributed by atoms with E-state index in [4.69, 9.17) is 9.47 Å². The number of hydrogen-bond donors (Lipinski definition) is 5. The highest BCUT2D eigenvalue weighted by Crippen LogP contribution is 2.32. The molecule has 0 radical (unpaired) electrons. The Kier molecular flexibility index (Phi) is 7.54. The average molecular weight is 418 g/mol. The monoisotopic (exact) mass is 418 g/mol. The normalized spacial score (nSPS) is 27.4. The van der Waals surface area contributed by atoms with E-state index >= 15 is 0 Å². The van der Waals surface area contributed by atoms with Gasteiger partial charge in [-0.1, -0.05) is 54.6 Å². The van der Waals surface area contributed by atoms with Crippen molar-refractivity contribution < 1.29 is 39.8 Å². The zero-order valence-electron chi connectivity index (χ0n) is 16.2. The average Bonchev–Trinajstić information content (AvgIpc) is 2.78. The van der Waals surface area contributed by atoms with Crippen LogP contribution in [0.2, 0.25) is 0 Å². The fraction of sp³-hybridized carbons (Fsp3) is 0.409. The van der Waals surface area contributed by atoms with Crippen LogP contribution in [-0.2, 0) is 27.3 Å². The fourth-order valence-corrected chi connectivity index (χ4v) is 3.46. The topological polar surface area (TPSA) is 137 Å². The van der Waals surface area contributed by atoms with E-state index in [-0.39, 0.29) is 13.0 Å². The quantitative estimate of drug-likeness (QED) is 0.402. The Labute approximate surface area is 173 Å². The molecule has 1 unspecified atom stereocenters. The minimum atomic E-state index is -1.70. The van der Waals surface area contributed by atoms with Gasteiger partial charge in [-0.3, -0.25) is 4.79 Å². The number of aryl methyl sites for hydroxylation is 1. The first-order valence-electron chi connectivity index (χ1n) is 9.72. The Morgan fingerprint density at radius 3 is 2.33 bits per heavy atom. The second-order valence-electron chi connectivity index (χ2n) is 7.22. The van der Waals surface area contributed by atoms with Gasteiger partial charge in [0.25, 0.3) is 0 Å². The fourth-order valence-electron chi connectivity index (χ4n) is 3.46. The summed E-state index contributed by atoms with van der Waals surface area (Å²) < 4.78 is 10.7. The molecule has 1 aliphatic heterocycles. The zero-order valence-corrected chi connectivity index (χ0v) is 16.2. The Balaban J connectivity index is 1.68. The number of esters is 1. The second-order valence-corrected chi connectivity index (χ2v) is 7.22. The van der Waals surface area contributed by atoms with E-state index in [0.717, 1.165) is 5.56 Å². The van der Waals surface area contributed by atoms with Crippen LogP contribution in [-0.4, -0.2) is 62.2 Å².